The quantitative estimate of drug-likeness (QED) is 0.602. The first-order chi connectivity index (χ1) is 10.6. The Morgan fingerprint density at radius 2 is 1.14 bits per heavy atom. The highest BCUT2D eigenvalue weighted by atomic mass is 14.8. The maximum Gasteiger partial charge on any atom is 0.0935 e. The van der Waals surface area contributed by atoms with Crippen molar-refractivity contribution in [2.45, 2.75) is 5.54 Å². The fourth-order valence-corrected chi connectivity index (χ4v) is 3.41. The minimum Gasteiger partial charge on any atom is -0.399 e. The summed E-state index contributed by atoms with van der Waals surface area (Å²) in [5, 5.41) is 0. The van der Waals surface area contributed by atoms with Gasteiger partial charge in [-0.3, -0.25) is 0 Å². The second-order valence-corrected chi connectivity index (χ2v) is 5.78. The molecule has 0 amide bonds. The SMILES string of the molecule is Nc1ccc2c(c1)-c1cc(N)ccc1C2(N)c1ccccc1. The van der Waals surface area contributed by atoms with E-state index in [1.54, 1.807) is 0 Å². The summed E-state index contributed by atoms with van der Waals surface area (Å²) in [7, 11) is 0. The number of rotatable bonds is 1. The minimum absolute atomic E-state index is 0.673. The fraction of sp³-hybridized carbons (Fsp3) is 0.0526. The molecule has 3 aromatic carbocycles. The Bertz CT molecular complexity index is 818. The first-order valence-electron chi connectivity index (χ1n) is 7.25. The Hall–Kier alpha value is -2.78. The van der Waals surface area contributed by atoms with E-state index in [9.17, 15) is 0 Å². The predicted molar refractivity (Wildman–Crippen MR) is 91.2 cm³/mol. The molecule has 1 aliphatic rings. The molecular weight excluding hydrogens is 270 g/mol. The Kier molecular flexibility index (Phi) is 2.56. The van der Waals surface area contributed by atoms with Gasteiger partial charge < -0.3 is 17.2 Å². The molecular formula is C19H17N3. The highest BCUT2D eigenvalue weighted by Gasteiger charge is 2.41. The van der Waals surface area contributed by atoms with Crippen molar-refractivity contribution in [2.24, 2.45) is 5.73 Å². The minimum atomic E-state index is -0.673. The zero-order valence-electron chi connectivity index (χ0n) is 12.1. The predicted octanol–water partition coefficient (Wildman–Crippen LogP) is 3.08. The van der Waals surface area contributed by atoms with Gasteiger partial charge in [0.2, 0.25) is 0 Å². The molecule has 3 nitrogen and oxygen atoms in total. The van der Waals surface area contributed by atoms with Gasteiger partial charge in [-0.15, -0.1) is 0 Å². The number of nitrogen functional groups attached to an aromatic ring is 2. The van der Waals surface area contributed by atoms with E-state index in [0.29, 0.717) is 0 Å². The van der Waals surface area contributed by atoms with Crippen LogP contribution in [0.5, 0.6) is 0 Å². The van der Waals surface area contributed by atoms with Crippen molar-refractivity contribution in [1.82, 2.24) is 0 Å². The molecule has 0 unspecified atom stereocenters. The second-order valence-electron chi connectivity index (χ2n) is 5.78. The van der Waals surface area contributed by atoms with Gasteiger partial charge in [-0.25, -0.2) is 0 Å². The van der Waals surface area contributed by atoms with Crippen LogP contribution in [0.2, 0.25) is 0 Å². The van der Waals surface area contributed by atoms with Crippen LogP contribution in [0, 0.1) is 0 Å². The third-order valence-electron chi connectivity index (χ3n) is 4.46. The summed E-state index contributed by atoms with van der Waals surface area (Å²) in [4.78, 5) is 0. The van der Waals surface area contributed by atoms with E-state index in [-0.39, 0.29) is 0 Å². The van der Waals surface area contributed by atoms with Gasteiger partial charge in [0.1, 0.15) is 0 Å². The highest BCUT2D eigenvalue weighted by Crippen LogP contribution is 2.50. The molecule has 3 heteroatoms. The normalized spacial score (nSPS) is 14.4. The summed E-state index contributed by atoms with van der Waals surface area (Å²) in [6.45, 7) is 0. The summed E-state index contributed by atoms with van der Waals surface area (Å²) >= 11 is 0. The number of fused-ring (bicyclic) bond motifs is 3. The van der Waals surface area contributed by atoms with E-state index in [4.69, 9.17) is 17.2 Å². The van der Waals surface area contributed by atoms with Gasteiger partial charge in [0.25, 0.3) is 0 Å². The van der Waals surface area contributed by atoms with E-state index in [2.05, 4.69) is 12.1 Å². The lowest BCUT2D eigenvalue weighted by atomic mass is 9.82. The average Bonchev–Trinajstić information content (AvgIpc) is 2.78. The number of nitrogens with two attached hydrogens (primary N) is 3. The molecule has 0 saturated heterocycles. The summed E-state index contributed by atoms with van der Waals surface area (Å²) in [5.41, 5.74) is 25.0. The lowest BCUT2D eigenvalue weighted by Crippen LogP contribution is -2.37. The first-order valence-corrected chi connectivity index (χ1v) is 7.25. The summed E-state index contributed by atoms with van der Waals surface area (Å²) < 4.78 is 0. The van der Waals surface area contributed by atoms with Gasteiger partial charge in [0.05, 0.1) is 5.54 Å². The number of hydrogen-bond acceptors (Lipinski definition) is 3. The Labute approximate surface area is 129 Å². The van der Waals surface area contributed by atoms with Crippen molar-refractivity contribution in [2.75, 3.05) is 11.5 Å². The molecule has 0 aliphatic heterocycles. The number of benzene rings is 3. The van der Waals surface area contributed by atoms with E-state index < -0.39 is 5.54 Å². The number of anilines is 2. The zero-order valence-corrected chi connectivity index (χ0v) is 12.1. The van der Waals surface area contributed by atoms with Crippen LogP contribution in [0.4, 0.5) is 11.4 Å². The van der Waals surface area contributed by atoms with E-state index in [1.165, 1.54) is 0 Å². The van der Waals surface area contributed by atoms with Gasteiger partial charge in [0.15, 0.2) is 0 Å². The second kappa shape index (κ2) is 4.36. The molecule has 108 valence electrons. The van der Waals surface area contributed by atoms with Gasteiger partial charge in [-0.1, -0.05) is 42.5 Å². The van der Waals surface area contributed by atoms with E-state index >= 15 is 0 Å². The lowest BCUT2D eigenvalue weighted by molar-refractivity contribution is 0.672. The van der Waals surface area contributed by atoms with Crippen LogP contribution in [0.1, 0.15) is 16.7 Å². The van der Waals surface area contributed by atoms with Crippen molar-refractivity contribution in [1.29, 1.82) is 0 Å². The van der Waals surface area contributed by atoms with Crippen LogP contribution in [0.25, 0.3) is 11.1 Å². The third-order valence-corrected chi connectivity index (χ3v) is 4.46. The van der Waals surface area contributed by atoms with Crippen molar-refractivity contribution in [3.05, 3.63) is 83.4 Å². The summed E-state index contributed by atoms with van der Waals surface area (Å²) in [6.07, 6.45) is 0. The van der Waals surface area contributed by atoms with Crippen molar-refractivity contribution < 1.29 is 0 Å². The lowest BCUT2D eigenvalue weighted by Gasteiger charge is -2.28. The van der Waals surface area contributed by atoms with Crippen LogP contribution < -0.4 is 17.2 Å². The van der Waals surface area contributed by atoms with E-state index in [1.807, 2.05) is 54.6 Å². The first kappa shape index (κ1) is 12.9. The standard InChI is InChI=1S/C19H17N3/c20-13-6-8-17-15(10-13)16-11-14(21)7-9-18(16)19(17,22)12-4-2-1-3-5-12/h1-11H,20-22H2. The molecule has 4 rings (SSSR count). The molecule has 0 fully saturated rings. The largest absolute Gasteiger partial charge is 0.399 e. The van der Waals surface area contributed by atoms with Crippen LogP contribution in [0.15, 0.2) is 66.7 Å². The highest BCUT2D eigenvalue weighted by molar-refractivity contribution is 5.86. The Balaban J connectivity index is 2.10. The van der Waals surface area contributed by atoms with Gasteiger partial charge in [0, 0.05) is 11.4 Å². The van der Waals surface area contributed by atoms with Crippen molar-refractivity contribution >= 4 is 11.4 Å². The van der Waals surface area contributed by atoms with Crippen LogP contribution in [-0.4, -0.2) is 0 Å². The molecule has 0 bridgehead atoms. The maximum absolute atomic E-state index is 6.92. The fourth-order valence-electron chi connectivity index (χ4n) is 3.41. The summed E-state index contributed by atoms with van der Waals surface area (Å²) in [6, 6.07) is 21.9. The Morgan fingerprint density at radius 3 is 1.64 bits per heavy atom. The van der Waals surface area contributed by atoms with Crippen molar-refractivity contribution in [3.8, 4) is 11.1 Å². The van der Waals surface area contributed by atoms with Crippen molar-refractivity contribution in [3.63, 3.8) is 0 Å². The smallest absolute Gasteiger partial charge is 0.0935 e. The summed E-state index contributed by atoms with van der Waals surface area (Å²) in [5.74, 6) is 0. The van der Waals surface area contributed by atoms with Crippen LogP contribution in [-0.2, 0) is 5.54 Å². The molecule has 0 radical (unpaired) electrons. The molecule has 0 heterocycles. The third kappa shape index (κ3) is 1.60. The average molecular weight is 287 g/mol. The molecule has 0 saturated carbocycles. The molecule has 3 aromatic rings. The molecule has 0 atom stereocenters. The molecule has 22 heavy (non-hydrogen) atoms. The van der Waals surface area contributed by atoms with Gasteiger partial charge in [-0.05, 0) is 52.1 Å². The Morgan fingerprint density at radius 1 is 0.636 bits per heavy atom. The van der Waals surface area contributed by atoms with Gasteiger partial charge >= 0.3 is 0 Å². The van der Waals surface area contributed by atoms with Gasteiger partial charge in [-0.2, -0.15) is 0 Å². The molecule has 0 spiro atoms. The van der Waals surface area contributed by atoms with Crippen LogP contribution in [0.3, 0.4) is 0 Å². The maximum atomic E-state index is 6.92. The van der Waals surface area contributed by atoms with E-state index in [0.717, 1.165) is 39.2 Å². The topological polar surface area (TPSA) is 78.1 Å². The molecule has 1 aliphatic carbocycles. The van der Waals surface area contributed by atoms with Crippen LogP contribution >= 0.6 is 0 Å². The monoisotopic (exact) mass is 287 g/mol. The molecule has 6 N–H and O–H groups in total. The molecule has 0 aromatic heterocycles. The number of hydrogen-bond donors (Lipinski definition) is 3. The zero-order chi connectivity index (χ0) is 15.3.